The van der Waals surface area contributed by atoms with Crippen molar-refractivity contribution in [2.75, 3.05) is 7.11 Å². The van der Waals surface area contributed by atoms with Crippen LogP contribution in [0.25, 0.3) is 0 Å². The van der Waals surface area contributed by atoms with E-state index in [0.29, 0.717) is 11.3 Å². The molecule has 0 atom stereocenters. The van der Waals surface area contributed by atoms with Gasteiger partial charge in [-0.2, -0.15) is 0 Å². The summed E-state index contributed by atoms with van der Waals surface area (Å²) in [6.45, 7) is 0. The number of hydrogen-bond acceptors (Lipinski definition) is 4. The van der Waals surface area contributed by atoms with Crippen LogP contribution in [0.1, 0.15) is 10.4 Å². The Labute approximate surface area is 81.6 Å². The molecule has 0 amide bonds. The molecule has 1 aromatic rings. The molecular formula is C9H11N3O2. The van der Waals surface area contributed by atoms with E-state index in [0.717, 1.165) is 0 Å². The fourth-order valence-corrected chi connectivity index (χ4v) is 0.913. The summed E-state index contributed by atoms with van der Waals surface area (Å²) in [5, 5.41) is 0. The Kier molecular flexibility index (Phi) is 3.63. The lowest BCUT2D eigenvalue weighted by molar-refractivity contribution is 0.0601. The Balaban J connectivity index is 2.78. The lowest BCUT2D eigenvalue weighted by atomic mass is 10.2. The Hall–Kier alpha value is -1.88. The molecule has 0 heterocycles. The molecule has 0 unspecified atom stereocenters. The number of benzene rings is 1. The van der Waals surface area contributed by atoms with Gasteiger partial charge in [-0.15, -0.1) is 0 Å². The number of methoxy groups -OCH3 is 1. The van der Waals surface area contributed by atoms with Crippen LogP contribution in [-0.4, -0.2) is 19.4 Å². The molecule has 0 bridgehead atoms. The number of ether oxygens (including phenoxy) is 1. The van der Waals surface area contributed by atoms with Gasteiger partial charge >= 0.3 is 5.97 Å². The normalized spacial score (nSPS) is 10.1. The molecule has 14 heavy (non-hydrogen) atoms. The van der Waals surface area contributed by atoms with E-state index >= 15 is 0 Å². The molecule has 0 fully saturated rings. The Morgan fingerprint density at radius 1 is 1.50 bits per heavy atom. The lowest BCUT2D eigenvalue weighted by Crippen LogP contribution is -2.18. The maximum atomic E-state index is 11.0. The molecule has 5 nitrogen and oxygen atoms in total. The number of nitrogens with one attached hydrogen (secondary N) is 1. The third-order valence-corrected chi connectivity index (χ3v) is 1.58. The molecule has 1 rings (SSSR count). The first kappa shape index (κ1) is 10.2. The molecule has 0 aromatic heterocycles. The van der Waals surface area contributed by atoms with Crippen LogP contribution in [0.3, 0.4) is 0 Å². The number of rotatable bonds is 3. The highest BCUT2D eigenvalue weighted by atomic mass is 16.5. The maximum absolute atomic E-state index is 11.0. The van der Waals surface area contributed by atoms with E-state index in [1.165, 1.54) is 13.4 Å². The minimum atomic E-state index is -0.363. The summed E-state index contributed by atoms with van der Waals surface area (Å²) in [5.41, 5.74) is 3.48. The van der Waals surface area contributed by atoms with Gasteiger partial charge in [0, 0.05) is 0 Å². The lowest BCUT2D eigenvalue weighted by Gasteiger charge is -1.98. The summed E-state index contributed by atoms with van der Waals surface area (Å²) in [6, 6.07) is 6.66. The Morgan fingerprint density at radius 2 is 2.14 bits per heavy atom. The van der Waals surface area contributed by atoms with Crippen molar-refractivity contribution in [2.45, 2.75) is 0 Å². The van der Waals surface area contributed by atoms with Crippen molar-refractivity contribution in [3.05, 3.63) is 29.8 Å². The van der Waals surface area contributed by atoms with Crippen LogP contribution in [0.5, 0.6) is 0 Å². The second-order valence-corrected chi connectivity index (χ2v) is 2.46. The first-order valence-electron chi connectivity index (χ1n) is 3.95. The van der Waals surface area contributed by atoms with Crippen LogP contribution >= 0.6 is 0 Å². The third-order valence-electron chi connectivity index (χ3n) is 1.58. The number of nitrogens with two attached hydrogens (primary N) is 1. The van der Waals surface area contributed by atoms with E-state index in [1.807, 2.05) is 0 Å². The summed E-state index contributed by atoms with van der Waals surface area (Å²) in [5.74, 6) is 4.64. The Bertz CT molecular complexity index is 332. The van der Waals surface area contributed by atoms with E-state index in [9.17, 15) is 4.79 Å². The molecule has 0 aliphatic rings. The first-order valence-corrected chi connectivity index (χ1v) is 3.95. The van der Waals surface area contributed by atoms with Crippen molar-refractivity contribution < 1.29 is 9.53 Å². The fraction of sp³-hybridized carbons (Fsp3) is 0.111. The van der Waals surface area contributed by atoms with E-state index in [-0.39, 0.29) is 5.97 Å². The molecule has 0 aliphatic carbocycles. The third kappa shape index (κ3) is 2.56. The maximum Gasteiger partial charge on any atom is 0.337 e. The topological polar surface area (TPSA) is 76.7 Å². The number of carbonyl (C=O) groups is 1. The van der Waals surface area contributed by atoms with Gasteiger partial charge in [-0.05, 0) is 24.3 Å². The largest absolute Gasteiger partial charge is 0.465 e. The number of hydrogen-bond donors (Lipinski definition) is 2. The number of hydrazine groups is 1. The molecule has 0 radical (unpaired) electrons. The predicted molar refractivity (Wildman–Crippen MR) is 53.3 cm³/mol. The summed E-state index contributed by atoms with van der Waals surface area (Å²) < 4.78 is 4.55. The van der Waals surface area contributed by atoms with Crippen molar-refractivity contribution in [3.63, 3.8) is 0 Å². The van der Waals surface area contributed by atoms with Crippen molar-refractivity contribution in [1.29, 1.82) is 0 Å². The monoisotopic (exact) mass is 193 g/mol. The average Bonchev–Trinajstić information content (AvgIpc) is 2.26. The van der Waals surface area contributed by atoms with Crippen LogP contribution in [0.2, 0.25) is 0 Å². The van der Waals surface area contributed by atoms with E-state index < -0.39 is 0 Å². The highest BCUT2D eigenvalue weighted by Crippen LogP contribution is 2.12. The van der Waals surface area contributed by atoms with E-state index in [1.54, 1.807) is 24.3 Å². The second-order valence-electron chi connectivity index (χ2n) is 2.46. The molecule has 3 N–H and O–H groups in total. The summed E-state index contributed by atoms with van der Waals surface area (Å²) in [4.78, 5) is 15.0. The summed E-state index contributed by atoms with van der Waals surface area (Å²) >= 11 is 0. The van der Waals surface area contributed by atoms with Gasteiger partial charge in [0.2, 0.25) is 0 Å². The SMILES string of the molecule is COC(=O)c1ccc(N=CNN)cc1. The van der Waals surface area contributed by atoms with Gasteiger partial charge in [0.15, 0.2) is 0 Å². The second kappa shape index (κ2) is 4.98. The highest BCUT2D eigenvalue weighted by Gasteiger charge is 2.02. The number of aliphatic imine (C=N–C) groups is 1. The molecule has 0 saturated carbocycles. The standard InChI is InChI=1S/C9H11N3O2/c1-14-9(13)7-2-4-8(5-3-7)11-6-12-10/h2-6H,10H2,1H3,(H,11,12). The first-order chi connectivity index (χ1) is 6.77. The zero-order valence-electron chi connectivity index (χ0n) is 7.73. The minimum absolute atomic E-state index is 0.363. The number of esters is 1. The van der Waals surface area contributed by atoms with Gasteiger partial charge in [0.25, 0.3) is 0 Å². The van der Waals surface area contributed by atoms with Crippen molar-refractivity contribution in [1.82, 2.24) is 5.43 Å². The van der Waals surface area contributed by atoms with Crippen LogP contribution in [0, 0.1) is 0 Å². The van der Waals surface area contributed by atoms with Crippen LogP contribution in [0.15, 0.2) is 29.3 Å². The molecule has 74 valence electrons. The van der Waals surface area contributed by atoms with Crippen LogP contribution in [0.4, 0.5) is 5.69 Å². The Morgan fingerprint density at radius 3 is 2.64 bits per heavy atom. The van der Waals surface area contributed by atoms with Gasteiger partial charge in [-0.1, -0.05) is 0 Å². The summed E-state index contributed by atoms with van der Waals surface area (Å²) in [6.07, 6.45) is 1.35. The average molecular weight is 193 g/mol. The van der Waals surface area contributed by atoms with Gasteiger partial charge in [-0.3, -0.25) is 0 Å². The van der Waals surface area contributed by atoms with Gasteiger partial charge < -0.3 is 10.2 Å². The zero-order valence-corrected chi connectivity index (χ0v) is 7.73. The predicted octanol–water partition coefficient (Wildman–Crippen LogP) is 0.596. The van der Waals surface area contributed by atoms with Crippen molar-refractivity contribution in [3.8, 4) is 0 Å². The van der Waals surface area contributed by atoms with Crippen LogP contribution in [-0.2, 0) is 4.74 Å². The minimum Gasteiger partial charge on any atom is -0.465 e. The quantitative estimate of drug-likeness (QED) is 0.242. The van der Waals surface area contributed by atoms with Gasteiger partial charge in [-0.25, -0.2) is 15.6 Å². The van der Waals surface area contributed by atoms with Gasteiger partial charge in [0.1, 0.15) is 6.34 Å². The zero-order chi connectivity index (χ0) is 10.4. The smallest absolute Gasteiger partial charge is 0.337 e. The molecule has 5 heteroatoms. The van der Waals surface area contributed by atoms with E-state index in [4.69, 9.17) is 5.84 Å². The number of nitrogens with zero attached hydrogens (tertiary/aromatic N) is 1. The molecule has 1 aromatic carbocycles. The van der Waals surface area contributed by atoms with Crippen molar-refractivity contribution in [2.24, 2.45) is 10.8 Å². The molecular weight excluding hydrogens is 182 g/mol. The summed E-state index contributed by atoms with van der Waals surface area (Å²) in [7, 11) is 1.34. The molecule has 0 saturated heterocycles. The van der Waals surface area contributed by atoms with Crippen molar-refractivity contribution >= 4 is 18.0 Å². The fourth-order valence-electron chi connectivity index (χ4n) is 0.913. The van der Waals surface area contributed by atoms with E-state index in [2.05, 4.69) is 15.2 Å². The van der Waals surface area contributed by atoms with Crippen LogP contribution < -0.4 is 11.3 Å². The number of carbonyl (C=O) groups excluding carboxylic acids is 1. The molecule has 0 aliphatic heterocycles. The van der Waals surface area contributed by atoms with Gasteiger partial charge in [0.05, 0.1) is 18.4 Å². The highest BCUT2D eigenvalue weighted by molar-refractivity contribution is 5.89. The molecule has 0 spiro atoms.